The van der Waals surface area contributed by atoms with Crippen LogP contribution in [0.4, 0.5) is 0 Å². The van der Waals surface area contributed by atoms with Crippen molar-refractivity contribution in [1.29, 1.82) is 5.26 Å². The minimum absolute atomic E-state index is 0.143. The number of hydrogen-bond acceptors (Lipinski definition) is 3. The van der Waals surface area contributed by atoms with Crippen molar-refractivity contribution < 1.29 is 5.11 Å². The highest BCUT2D eigenvalue weighted by atomic mass is 16.3. The van der Waals surface area contributed by atoms with Gasteiger partial charge in [-0.1, -0.05) is 0 Å². The van der Waals surface area contributed by atoms with Gasteiger partial charge < -0.3 is 5.11 Å². The number of rotatable bonds is 1. The Kier molecular flexibility index (Phi) is 1.59. The molecule has 1 saturated heterocycles. The van der Waals surface area contributed by atoms with Gasteiger partial charge in [-0.25, -0.2) is 0 Å². The molecule has 0 aromatic heterocycles. The van der Waals surface area contributed by atoms with Gasteiger partial charge in [0.2, 0.25) is 0 Å². The summed E-state index contributed by atoms with van der Waals surface area (Å²) < 4.78 is 0. The van der Waals surface area contributed by atoms with Crippen molar-refractivity contribution in [2.24, 2.45) is 5.92 Å². The lowest BCUT2D eigenvalue weighted by molar-refractivity contribution is 0.158. The van der Waals surface area contributed by atoms with Crippen LogP contribution < -0.4 is 0 Å². The third kappa shape index (κ3) is 1.24. The predicted octanol–water partition coefficient (Wildman–Crippen LogP) is -0.0349. The summed E-state index contributed by atoms with van der Waals surface area (Å²) in [5, 5.41) is 18.0. The van der Waals surface area contributed by atoms with Crippen molar-refractivity contribution in [2.45, 2.75) is 25.0 Å². The summed E-state index contributed by atoms with van der Waals surface area (Å²) >= 11 is 0. The van der Waals surface area contributed by atoms with Crippen molar-refractivity contribution in [2.75, 3.05) is 13.1 Å². The summed E-state index contributed by atoms with van der Waals surface area (Å²) in [5.41, 5.74) is 0. The molecule has 0 spiro atoms. The molecule has 2 rings (SSSR count). The van der Waals surface area contributed by atoms with Crippen LogP contribution in [-0.4, -0.2) is 35.2 Å². The van der Waals surface area contributed by atoms with Crippen LogP contribution in [0, 0.1) is 17.2 Å². The molecule has 0 amide bonds. The van der Waals surface area contributed by atoms with E-state index in [4.69, 9.17) is 5.26 Å². The number of aliphatic hydroxyl groups excluding tert-OH is 1. The van der Waals surface area contributed by atoms with E-state index >= 15 is 0 Å². The average molecular weight is 152 g/mol. The molecule has 2 atom stereocenters. The third-order valence-corrected chi connectivity index (χ3v) is 2.55. The lowest BCUT2D eigenvalue weighted by Crippen LogP contribution is -2.23. The molecular formula is C8H12N2O. The van der Waals surface area contributed by atoms with Gasteiger partial charge in [0.25, 0.3) is 0 Å². The molecule has 1 heterocycles. The summed E-state index contributed by atoms with van der Waals surface area (Å²) in [6, 6.07) is 2.82. The maximum Gasteiger partial charge on any atom is 0.0862 e. The molecule has 0 bridgehead atoms. The van der Waals surface area contributed by atoms with Crippen LogP contribution in [0.25, 0.3) is 0 Å². The molecule has 2 unspecified atom stereocenters. The molecule has 60 valence electrons. The van der Waals surface area contributed by atoms with Crippen molar-refractivity contribution in [1.82, 2.24) is 4.90 Å². The molecule has 1 saturated carbocycles. The van der Waals surface area contributed by atoms with Crippen LogP contribution in [0.2, 0.25) is 0 Å². The second-order valence-corrected chi connectivity index (χ2v) is 3.49. The zero-order chi connectivity index (χ0) is 7.84. The zero-order valence-electron chi connectivity index (χ0n) is 6.40. The largest absolute Gasteiger partial charge is 0.390 e. The van der Waals surface area contributed by atoms with Crippen molar-refractivity contribution >= 4 is 0 Å². The summed E-state index contributed by atoms with van der Waals surface area (Å²) in [7, 11) is 0. The van der Waals surface area contributed by atoms with E-state index in [-0.39, 0.29) is 5.92 Å². The molecule has 2 fully saturated rings. The van der Waals surface area contributed by atoms with Crippen LogP contribution in [-0.2, 0) is 0 Å². The number of likely N-dealkylation sites (tertiary alicyclic amines) is 1. The molecule has 11 heavy (non-hydrogen) atoms. The van der Waals surface area contributed by atoms with Crippen LogP contribution in [0.3, 0.4) is 0 Å². The Labute approximate surface area is 66.2 Å². The van der Waals surface area contributed by atoms with Crippen molar-refractivity contribution in [3.63, 3.8) is 0 Å². The average Bonchev–Trinajstić information content (AvgIpc) is 2.76. The Bertz CT molecular complexity index is 195. The van der Waals surface area contributed by atoms with Gasteiger partial charge in [0.05, 0.1) is 18.1 Å². The van der Waals surface area contributed by atoms with E-state index in [1.807, 2.05) is 0 Å². The van der Waals surface area contributed by atoms with Gasteiger partial charge in [-0.05, 0) is 12.8 Å². The van der Waals surface area contributed by atoms with Crippen LogP contribution in [0.1, 0.15) is 12.8 Å². The summed E-state index contributed by atoms with van der Waals surface area (Å²) in [5.74, 6) is -0.143. The first-order valence-electron chi connectivity index (χ1n) is 4.13. The Balaban J connectivity index is 1.95. The first kappa shape index (κ1) is 7.08. The van der Waals surface area contributed by atoms with E-state index in [1.54, 1.807) is 0 Å². The van der Waals surface area contributed by atoms with Gasteiger partial charge in [0, 0.05) is 19.1 Å². The topological polar surface area (TPSA) is 47.3 Å². The Morgan fingerprint density at radius 3 is 2.55 bits per heavy atom. The minimum Gasteiger partial charge on any atom is -0.390 e. The molecule has 1 aliphatic carbocycles. The summed E-state index contributed by atoms with van der Waals surface area (Å²) in [6.45, 7) is 1.49. The van der Waals surface area contributed by atoms with Gasteiger partial charge in [-0.3, -0.25) is 4.90 Å². The molecule has 0 radical (unpaired) electrons. The fourth-order valence-corrected chi connectivity index (χ4v) is 1.68. The van der Waals surface area contributed by atoms with Gasteiger partial charge in [0.1, 0.15) is 0 Å². The zero-order valence-corrected chi connectivity index (χ0v) is 6.40. The number of nitrogens with zero attached hydrogens (tertiary/aromatic N) is 2. The Morgan fingerprint density at radius 2 is 2.09 bits per heavy atom. The normalized spacial score (nSPS) is 38.9. The SMILES string of the molecule is N#CC1CN(C2CC2)CC1O. The van der Waals surface area contributed by atoms with E-state index in [0.29, 0.717) is 12.6 Å². The van der Waals surface area contributed by atoms with Crippen LogP contribution >= 0.6 is 0 Å². The van der Waals surface area contributed by atoms with Gasteiger partial charge >= 0.3 is 0 Å². The van der Waals surface area contributed by atoms with Gasteiger partial charge in [-0.2, -0.15) is 5.26 Å². The quantitative estimate of drug-likeness (QED) is 0.573. The number of aliphatic hydroxyl groups is 1. The molecule has 0 aromatic rings. The standard InChI is InChI=1S/C8H12N2O/c9-3-6-4-10(5-8(6)11)7-1-2-7/h6-8,11H,1-2,4-5H2. The first-order valence-corrected chi connectivity index (χ1v) is 4.13. The predicted molar refractivity (Wildman–Crippen MR) is 39.7 cm³/mol. The fraction of sp³-hybridized carbons (Fsp3) is 0.875. The monoisotopic (exact) mass is 152 g/mol. The smallest absolute Gasteiger partial charge is 0.0862 e. The van der Waals surface area contributed by atoms with E-state index in [1.165, 1.54) is 12.8 Å². The Hall–Kier alpha value is -0.590. The maximum absolute atomic E-state index is 9.37. The lowest BCUT2D eigenvalue weighted by atomic mass is 10.1. The summed E-state index contributed by atoms with van der Waals surface area (Å²) in [6.07, 6.45) is 2.11. The molecule has 1 N–H and O–H groups in total. The van der Waals surface area contributed by atoms with Crippen molar-refractivity contribution in [3.8, 4) is 6.07 Å². The van der Waals surface area contributed by atoms with Gasteiger partial charge in [-0.15, -0.1) is 0 Å². The molecule has 1 aliphatic heterocycles. The Morgan fingerprint density at radius 1 is 1.36 bits per heavy atom. The number of hydrogen-bond donors (Lipinski definition) is 1. The highest BCUT2D eigenvalue weighted by Gasteiger charge is 2.39. The number of nitriles is 1. The first-order chi connectivity index (χ1) is 5.31. The van der Waals surface area contributed by atoms with E-state index in [0.717, 1.165) is 6.54 Å². The highest BCUT2D eigenvalue weighted by molar-refractivity contribution is 5.00. The molecule has 0 aromatic carbocycles. The van der Waals surface area contributed by atoms with E-state index < -0.39 is 6.10 Å². The maximum atomic E-state index is 9.37. The van der Waals surface area contributed by atoms with Crippen LogP contribution in [0.5, 0.6) is 0 Å². The van der Waals surface area contributed by atoms with Crippen LogP contribution in [0.15, 0.2) is 0 Å². The molecular weight excluding hydrogens is 140 g/mol. The summed E-state index contributed by atoms with van der Waals surface area (Å²) in [4.78, 5) is 2.23. The molecule has 3 heteroatoms. The number of β-amino-alcohol motifs (C(OH)–C–C–N with tert-alkyl or cyclic N) is 1. The van der Waals surface area contributed by atoms with Gasteiger partial charge in [0.15, 0.2) is 0 Å². The highest BCUT2D eigenvalue weighted by Crippen LogP contribution is 2.31. The van der Waals surface area contributed by atoms with E-state index in [2.05, 4.69) is 11.0 Å². The lowest BCUT2D eigenvalue weighted by Gasteiger charge is -2.11. The minimum atomic E-state index is -0.402. The van der Waals surface area contributed by atoms with Crippen molar-refractivity contribution in [3.05, 3.63) is 0 Å². The fourth-order valence-electron chi connectivity index (χ4n) is 1.68. The van der Waals surface area contributed by atoms with E-state index in [9.17, 15) is 5.11 Å². The third-order valence-electron chi connectivity index (χ3n) is 2.55. The molecule has 3 nitrogen and oxygen atoms in total. The second-order valence-electron chi connectivity index (χ2n) is 3.49. The second kappa shape index (κ2) is 2.47. The molecule has 2 aliphatic rings.